The van der Waals surface area contributed by atoms with E-state index >= 15 is 0 Å². The lowest BCUT2D eigenvalue weighted by Crippen LogP contribution is -2.48. The number of pyridine rings is 1. The van der Waals surface area contributed by atoms with E-state index in [0.717, 1.165) is 19.3 Å². The van der Waals surface area contributed by atoms with Crippen LogP contribution in [0, 0.1) is 0 Å². The summed E-state index contributed by atoms with van der Waals surface area (Å²) in [4.78, 5) is 15.8. The molecule has 0 spiro atoms. The Labute approximate surface area is 103 Å². The van der Waals surface area contributed by atoms with Crippen molar-refractivity contribution < 1.29 is 4.79 Å². The van der Waals surface area contributed by atoms with Gasteiger partial charge in [-0.05, 0) is 47.3 Å². The highest BCUT2D eigenvalue weighted by Crippen LogP contribution is 2.32. The number of carbonyl (C=O) groups is 1. The maximum absolute atomic E-state index is 11.7. The molecule has 0 aliphatic heterocycles. The number of aromatic nitrogens is 1. The molecule has 0 saturated heterocycles. The lowest BCUT2D eigenvalue weighted by Gasteiger charge is -2.37. The van der Waals surface area contributed by atoms with Gasteiger partial charge in [-0.3, -0.25) is 4.79 Å². The lowest BCUT2D eigenvalue weighted by molar-refractivity contribution is -0.118. The van der Waals surface area contributed by atoms with Gasteiger partial charge in [0.15, 0.2) is 0 Å². The van der Waals surface area contributed by atoms with Crippen LogP contribution in [0.5, 0.6) is 0 Å². The van der Waals surface area contributed by atoms with Gasteiger partial charge in [0.05, 0.1) is 5.69 Å². The van der Waals surface area contributed by atoms with Gasteiger partial charge in [-0.15, -0.1) is 0 Å². The van der Waals surface area contributed by atoms with Gasteiger partial charge in [0.25, 0.3) is 0 Å². The van der Waals surface area contributed by atoms with Crippen LogP contribution in [0.2, 0.25) is 0 Å². The van der Waals surface area contributed by atoms with Crippen LogP contribution in [0.1, 0.15) is 25.7 Å². The van der Waals surface area contributed by atoms with Crippen LogP contribution in [0.25, 0.3) is 0 Å². The van der Waals surface area contributed by atoms with Crippen LogP contribution in [0.3, 0.4) is 0 Å². The maximum Gasteiger partial charge on any atom is 0.226 e. The summed E-state index contributed by atoms with van der Waals surface area (Å²) < 4.78 is 0.642. The van der Waals surface area contributed by atoms with E-state index in [9.17, 15) is 4.79 Å². The highest BCUT2D eigenvalue weighted by molar-refractivity contribution is 9.10. The summed E-state index contributed by atoms with van der Waals surface area (Å²) in [5.41, 5.74) is 6.42. The SMILES string of the molecule is NC1(CC(=O)Nc2cccnc2Br)CCC1. The molecule has 0 aromatic carbocycles. The monoisotopic (exact) mass is 283 g/mol. The largest absolute Gasteiger partial charge is 0.325 e. The Bertz CT molecular complexity index is 404. The summed E-state index contributed by atoms with van der Waals surface area (Å²) >= 11 is 3.28. The Morgan fingerprint density at radius 2 is 2.38 bits per heavy atom. The van der Waals surface area contributed by atoms with E-state index in [4.69, 9.17) is 5.73 Å². The molecule has 0 radical (unpaired) electrons. The number of hydrogen-bond acceptors (Lipinski definition) is 3. The number of nitrogens with one attached hydrogen (secondary N) is 1. The van der Waals surface area contributed by atoms with Gasteiger partial charge in [0.1, 0.15) is 4.60 Å². The minimum absolute atomic E-state index is 0.0455. The van der Waals surface area contributed by atoms with E-state index in [1.807, 2.05) is 0 Å². The predicted molar refractivity (Wildman–Crippen MR) is 66.0 cm³/mol. The molecule has 1 aromatic rings. The van der Waals surface area contributed by atoms with E-state index < -0.39 is 0 Å². The van der Waals surface area contributed by atoms with Crippen LogP contribution in [-0.2, 0) is 4.79 Å². The molecule has 0 atom stereocenters. The third kappa shape index (κ3) is 2.59. The number of nitrogens with zero attached hydrogens (tertiary/aromatic N) is 1. The second-order valence-corrected chi connectivity index (χ2v) is 5.03. The van der Waals surface area contributed by atoms with Gasteiger partial charge >= 0.3 is 0 Å². The first-order chi connectivity index (χ1) is 7.59. The third-order valence-electron chi connectivity index (χ3n) is 2.90. The summed E-state index contributed by atoms with van der Waals surface area (Å²) in [6.07, 6.45) is 5.05. The number of carbonyl (C=O) groups excluding carboxylic acids is 1. The van der Waals surface area contributed by atoms with Crippen molar-refractivity contribution in [3.63, 3.8) is 0 Å². The second kappa shape index (κ2) is 4.51. The number of anilines is 1. The molecular weight excluding hydrogens is 270 g/mol. The van der Waals surface area contributed by atoms with Crippen molar-refractivity contribution in [2.75, 3.05) is 5.32 Å². The summed E-state index contributed by atoms with van der Waals surface area (Å²) in [5, 5.41) is 2.81. The average molecular weight is 284 g/mol. The van der Waals surface area contributed by atoms with Crippen molar-refractivity contribution in [3.8, 4) is 0 Å². The number of amides is 1. The Hall–Kier alpha value is -0.940. The van der Waals surface area contributed by atoms with Crippen LogP contribution in [-0.4, -0.2) is 16.4 Å². The fraction of sp³-hybridized carbons (Fsp3) is 0.455. The molecule has 1 fully saturated rings. The quantitative estimate of drug-likeness (QED) is 0.835. The highest BCUT2D eigenvalue weighted by atomic mass is 79.9. The van der Waals surface area contributed by atoms with Gasteiger partial charge < -0.3 is 11.1 Å². The Morgan fingerprint density at radius 3 is 2.94 bits per heavy atom. The fourth-order valence-electron chi connectivity index (χ4n) is 1.80. The zero-order valence-electron chi connectivity index (χ0n) is 8.87. The number of nitrogens with two attached hydrogens (primary N) is 1. The van der Waals surface area contributed by atoms with Crippen LogP contribution >= 0.6 is 15.9 Å². The molecule has 1 aliphatic rings. The van der Waals surface area contributed by atoms with E-state index in [0.29, 0.717) is 16.7 Å². The van der Waals surface area contributed by atoms with Crippen molar-refractivity contribution in [1.82, 2.24) is 4.98 Å². The number of rotatable bonds is 3. The average Bonchev–Trinajstić information content (AvgIpc) is 2.19. The molecule has 1 saturated carbocycles. The van der Waals surface area contributed by atoms with E-state index in [1.165, 1.54) is 0 Å². The van der Waals surface area contributed by atoms with E-state index in [2.05, 4.69) is 26.2 Å². The van der Waals surface area contributed by atoms with E-state index in [-0.39, 0.29) is 11.4 Å². The summed E-state index contributed by atoms with van der Waals surface area (Å²) in [6, 6.07) is 3.58. The predicted octanol–water partition coefficient (Wildman–Crippen LogP) is 2.05. The summed E-state index contributed by atoms with van der Waals surface area (Å²) in [5.74, 6) is -0.0455. The zero-order valence-corrected chi connectivity index (χ0v) is 10.5. The molecule has 0 bridgehead atoms. The fourth-order valence-corrected chi connectivity index (χ4v) is 2.15. The topological polar surface area (TPSA) is 68.0 Å². The van der Waals surface area contributed by atoms with E-state index in [1.54, 1.807) is 18.3 Å². The minimum atomic E-state index is -0.279. The first-order valence-corrected chi connectivity index (χ1v) is 6.08. The Kier molecular flexibility index (Phi) is 3.25. The molecule has 4 nitrogen and oxygen atoms in total. The Morgan fingerprint density at radius 1 is 1.62 bits per heavy atom. The second-order valence-electron chi connectivity index (χ2n) is 4.28. The third-order valence-corrected chi connectivity index (χ3v) is 3.53. The van der Waals surface area contributed by atoms with Crippen LogP contribution < -0.4 is 11.1 Å². The van der Waals surface area contributed by atoms with Crippen LogP contribution in [0.15, 0.2) is 22.9 Å². The molecule has 1 aliphatic carbocycles. The molecule has 86 valence electrons. The molecule has 2 rings (SSSR count). The smallest absolute Gasteiger partial charge is 0.226 e. The molecule has 5 heteroatoms. The first kappa shape index (κ1) is 11.5. The minimum Gasteiger partial charge on any atom is -0.325 e. The number of halogens is 1. The standard InChI is InChI=1S/C11H14BrN3O/c12-10-8(3-1-6-14-10)15-9(16)7-11(13)4-2-5-11/h1,3,6H,2,4-5,7,13H2,(H,15,16). The maximum atomic E-state index is 11.7. The van der Waals surface area contributed by atoms with Crippen molar-refractivity contribution in [3.05, 3.63) is 22.9 Å². The van der Waals surface area contributed by atoms with Gasteiger partial charge in [0, 0.05) is 18.2 Å². The molecule has 16 heavy (non-hydrogen) atoms. The van der Waals surface area contributed by atoms with Crippen molar-refractivity contribution in [2.45, 2.75) is 31.2 Å². The van der Waals surface area contributed by atoms with Crippen LogP contribution in [0.4, 0.5) is 5.69 Å². The van der Waals surface area contributed by atoms with Gasteiger partial charge in [-0.1, -0.05) is 0 Å². The van der Waals surface area contributed by atoms with Gasteiger partial charge in [-0.2, -0.15) is 0 Å². The van der Waals surface area contributed by atoms with Crippen molar-refractivity contribution >= 4 is 27.5 Å². The molecule has 0 unspecified atom stereocenters. The molecule has 1 aromatic heterocycles. The van der Waals surface area contributed by atoms with Crippen molar-refractivity contribution in [2.24, 2.45) is 5.73 Å². The molecular formula is C11H14BrN3O. The van der Waals surface area contributed by atoms with Gasteiger partial charge in [0.2, 0.25) is 5.91 Å². The summed E-state index contributed by atoms with van der Waals surface area (Å²) in [6.45, 7) is 0. The number of hydrogen-bond donors (Lipinski definition) is 2. The first-order valence-electron chi connectivity index (χ1n) is 5.28. The molecule has 1 amide bonds. The lowest BCUT2D eigenvalue weighted by atomic mass is 9.75. The Balaban J connectivity index is 1.95. The van der Waals surface area contributed by atoms with Gasteiger partial charge in [-0.25, -0.2) is 4.98 Å². The normalized spacial score (nSPS) is 17.6. The zero-order chi connectivity index (χ0) is 11.6. The van der Waals surface area contributed by atoms with Crippen molar-refractivity contribution in [1.29, 1.82) is 0 Å². The molecule has 1 heterocycles. The summed E-state index contributed by atoms with van der Waals surface area (Å²) in [7, 11) is 0. The highest BCUT2D eigenvalue weighted by Gasteiger charge is 2.34. The molecule has 3 N–H and O–H groups in total.